The van der Waals surface area contributed by atoms with E-state index in [2.05, 4.69) is 60.4 Å². The zero-order chi connectivity index (χ0) is 11.4. The van der Waals surface area contributed by atoms with E-state index >= 15 is 0 Å². The molecule has 1 unspecified atom stereocenters. The van der Waals surface area contributed by atoms with E-state index in [1.807, 2.05) is 12.1 Å². The molecule has 0 amide bonds. The largest absolute Gasteiger partial charge is 0.324 e. The van der Waals surface area contributed by atoms with Gasteiger partial charge in [-0.3, -0.25) is 0 Å². The van der Waals surface area contributed by atoms with Crippen LogP contribution in [0, 0.1) is 0 Å². The Morgan fingerprint density at radius 3 is 2.62 bits per heavy atom. The van der Waals surface area contributed by atoms with Crippen molar-refractivity contribution in [3.05, 3.63) is 54.4 Å². The Morgan fingerprint density at radius 1 is 1.19 bits per heavy atom. The Labute approximate surface area is 96.9 Å². The van der Waals surface area contributed by atoms with Gasteiger partial charge in [-0.25, -0.2) is 0 Å². The number of benzene rings is 1. The summed E-state index contributed by atoms with van der Waals surface area (Å²) < 4.78 is 2.13. The Bertz CT molecular complexity index is 432. The molecule has 84 valence electrons. The molecule has 2 heteroatoms. The first-order valence-electron chi connectivity index (χ1n) is 5.78. The number of hydrogen-bond donors (Lipinski definition) is 1. The lowest BCUT2D eigenvalue weighted by molar-refractivity contribution is 0.598. The number of nitrogens with zero attached hydrogens (tertiary/aromatic N) is 1. The molecule has 1 N–H and O–H groups in total. The van der Waals surface area contributed by atoms with E-state index in [0.717, 1.165) is 6.54 Å². The lowest BCUT2D eigenvalue weighted by Crippen LogP contribution is -2.17. The molecule has 1 aromatic carbocycles. The third-order valence-electron chi connectivity index (χ3n) is 2.78. The highest BCUT2D eigenvalue weighted by atomic mass is 14.9. The topological polar surface area (TPSA) is 17.0 Å². The zero-order valence-corrected chi connectivity index (χ0v) is 9.85. The van der Waals surface area contributed by atoms with Gasteiger partial charge in [0.25, 0.3) is 0 Å². The maximum Gasteiger partial charge on any atom is 0.0452 e. The summed E-state index contributed by atoms with van der Waals surface area (Å²) in [5.41, 5.74) is 2.54. The summed E-state index contributed by atoms with van der Waals surface area (Å²) in [6.45, 7) is 5.32. The minimum atomic E-state index is 0.403. The first kappa shape index (κ1) is 11.0. The lowest BCUT2D eigenvalue weighted by Gasteiger charge is -2.14. The molecule has 0 bridgehead atoms. The third-order valence-corrected chi connectivity index (χ3v) is 2.78. The summed E-state index contributed by atoms with van der Waals surface area (Å²) >= 11 is 0. The first-order valence-corrected chi connectivity index (χ1v) is 5.78. The molecule has 1 atom stereocenters. The standard InChI is InChI=1S/C14H18N2/c1-3-15-12(2)13-7-6-8-14(11-13)16-9-4-5-10-16/h4-12,15H,3H2,1-2H3. The van der Waals surface area contributed by atoms with Crippen molar-refractivity contribution < 1.29 is 0 Å². The fraction of sp³-hybridized carbons (Fsp3) is 0.286. The molecule has 1 aromatic heterocycles. The van der Waals surface area contributed by atoms with Crippen LogP contribution in [0.2, 0.25) is 0 Å². The molecule has 1 heterocycles. The van der Waals surface area contributed by atoms with Gasteiger partial charge in [0.15, 0.2) is 0 Å². The minimum absolute atomic E-state index is 0.403. The van der Waals surface area contributed by atoms with E-state index in [9.17, 15) is 0 Å². The number of nitrogens with one attached hydrogen (secondary N) is 1. The van der Waals surface area contributed by atoms with Crippen LogP contribution in [0.4, 0.5) is 0 Å². The van der Waals surface area contributed by atoms with Gasteiger partial charge >= 0.3 is 0 Å². The second-order valence-electron chi connectivity index (χ2n) is 3.96. The zero-order valence-electron chi connectivity index (χ0n) is 9.85. The molecular formula is C14H18N2. The molecule has 2 aromatic rings. The molecule has 16 heavy (non-hydrogen) atoms. The lowest BCUT2D eigenvalue weighted by atomic mass is 10.1. The molecule has 0 aliphatic heterocycles. The highest BCUT2D eigenvalue weighted by Gasteiger charge is 2.04. The van der Waals surface area contributed by atoms with E-state index in [-0.39, 0.29) is 0 Å². The summed E-state index contributed by atoms with van der Waals surface area (Å²) in [6.07, 6.45) is 4.13. The van der Waals surface area contributed by atoms with Crippen molar-refractivity contribution in [2.24, 2.45) is 0 Å². The molecule has 0 spiro atoms. The van der Waals surface area contributed by atoms with E-state index in [1.54, 1.807) is 0 Å². The molecule has 2 rings (SSSR count). The van der Waals surface area contributed by atoms with Crippen LogP contribution >= 0.6 is 0 Å². The van der Waals surface area contributed by atoms with Gasteiger partial charge in [-0.05, 0) is 43.3 Å². The van der Waals surface area contributed by atoms with Crippen molar-refractivity contribution in [3.8, 4) is 5.69 Å². The van der Waals surface area contributed by atoms with Crippen molar-refractivity contribution in [1.82, 2.24) is 9.88 Å². The average Bonchev–Trinajstić information content (AvgIpc) is 2.83. The number of aromatic nitrogens is 1. The van der Waals surface area contributed by atoms with Crippen molar-refractivity contribution in [3.63, 3.8) is 0 Å². The van der Waals surface area contributed by atoms with Crippen LogP contribution in [-0.2, 0) is 0 Å². The molecule has 0 radical (unpaired) electrons. The summed E-state index contributed by atoms with van der Waals surface area (Å²) in [5, 5.41) is 3.43. The van der Waals surface area contributed by atoms with Gasteiger partial charge in [-0.1, -0.05) is 19.1 Å². The van der Waals surface area contributed by atoms with Crippen molar-refractivity contribution in [2.45, 2.75) is 19.9 Å². The Kier molecular flexibility index (Phi) is 3.42. The summed E-state index contributed by atoms with van der Waals surface area (Å²) in [6, 6.07) is 13.1. The smallest absolute Gasteiger partial charge is 0.0452 e. The average molecular weight is 214 g/mol. The van der Waals surface area contributed by atoms with Gasteiger partial charge in [0.1, 0.15) is 0 Å². The third kappa shape index (κ3) is 2.34. The minimum Gasteiger partial charge on any atom is -0.324 e. The summed E-state index contributed by atoms with van der Waals surface area (Å²) in [7, 11) is 0. The van der Waals surface area contributed by atoms with Crippen LogP contribution in [0.15, 0.2) is 48.8 Å². The summed E-state index contributed by atoms with van der Waals surface area (Å²) in [5.74, 6) is 0. The van der Waals surface area contributed by atoms with Crippen LogP contribution in [0.25, 0.3) is 5.69 Å². The maximum atomic E-state index is 3.43. The molecule has 0 aliphatic rings. The molecular weight excluding hydrogens is 196 g/mol. The van der Waals surface area contributed by atoms with Crippen molar-refractivity contribution >= 4 is 0 Å². The fourth-order valence-corrected chi connectivity index (χ4v) is 1.89. The van der Waals surface area contributed by atoms with E-state index in [1.165, 1.54) is 11.3 Å². The van der Waals surface area contributed by atoms with Crippen LogP contribution in [-0.4, -0.2) is 11.1 Å². The fourth-order valence-electron chi connectivity index (χ4n) is 1.89. The van der Waals surface area contributed by atoms with E-state index < -0.39 is 0 Å². The van der Waals surface area contributed by atoms with Crippen molar-refractivity contribution in [2.75, 3.05) is 6.54 Å². The predicted molar refractivity (Wildman–Crippen MR) is 67.9 cm³/mol. The highest BCUT2D eigenvalue weighted by Crippen LogP contribution is 2.16. The molecule has 0 saturated carbocycles. The Balaban J connectivity index is 2.26. The predicted octanol–water partition coefficient (Wildman–Crippen LogP) is 3.15. The van der Waals surface area contributed by atoms with Gasteiger partial charge in [0, 0.05) is 24.1 Å². The van der Waals surface area contributed by atoms with Crippen LogP contribution in [0.1, 0.15) is 25.5 Å². The van der Waals surface area contributed by atoms with Crippen LogP contribution < -0.4 is 5.32 Å². The van der Waals surface area contributed by atoms with E-state index in [0.29, 0.717) is 6.04 Å². The SMILES string of the molecule is CCNC(C)c1cccc(-n2cccc2)c1. The maximum absolute atomic E-state index is 3.43. The molecule has 0 fully saturated rings. The monoisotopic (exact) mass is 214 g/mol. The Morgan fingerprint density at radius 2 is 1.94 bits per heavy atom. The van der Waals surface area contributed by atoms with Gasteiger partial charge in [-0.2, -0.15) is 0 Å². The van der Waals surface area contributed by atoms with Gasteiger partial charge < -0.3 is 9.88 Å². The molecule has 2 nitrogen and oxygen atoms in total. The van der Waals surface area contributed by atoms with Gasteiger partial charge in [0.05, 0.1) is 0 Å². The van der Waals surface area contributed by atoms with Gasteiger partial charge in [-0.15, -0.1) is 0 Å². The second kappa shape index (κ2) is 4.99. The van der Waals surface area contributed by atoms with E-state index in [4.69, 9.17) is 0 Å². The molecule has 0 saturated heterocycles. The number of hydrogen-bond acceptors (Lipinski definition) is 1. The Hall–Kier alpha value is -1.54. The van der Waals surface area contributed by atoms with Crippen LogP contribution in [0.5, 0.6) is 0 Å². The highest BCUT2D eigenvalue weighted by molar-refractivity contribution is 5.37. The first-order chi connectivity index (χ1) is 7.81. The quantitative estimate of drug-likeness (QED) is 0.827. The normalized spacial score (nSPS) is 12.6. The summed E-state index contributed by atoms with van der Waals surface area (Å²) in [4.78, 5) is 0. The number of rotatable bonds is 4. The van der Waals surface area contributed by atoms with Crippen molar-refractivity contribution in [1.29, 1.82) is 0 Å². The van der Waals surface area contributed by atoms with Gasteiger partial charge in [0.2, 0.25) is 0 Å². The molecule has 0 aliphatic carbocycles. The van der Waals surface area contributed by atoms with Crippen LogP contribution in [0.3, 0.4) is 0 Å². The second-order valence-corrected chi connectivity index (χ2v) is 3.96.